The minimum Gasteiger partial charge on any atom is -0.460 e. The lowest BCUT2D eigenvalue weighted by molar-refractivity contribution is -0.191. The van der Waals surface area contributed by atoms with Gasteiger partial charge in [0.1, 0.15) is 17.6 Å². The van der Waals surface area contributed by atoms with Crippen LogP contribution in [0.5, 0.6) is 0 Å². The number of benzene rings is 2. The van der Waals surface area contributed by atoms with Crippen LogP contribution in [0.1, 0.15) is 42.0 Å². The number of esters is 3. The normalized spacial score (nSPS) is 30.6. The molecule has 158 valence electrons. The summed E-state index contributed by atoms with van der Waals surface area (Å²) in [5.74, 6) is -2.67. The van der Waals surface area contributed by atoms with Crippen LogP contribution in [0.3, 0.4) is 0 Å². The predicted octanol–water partition coefficient (Wildman–Crippen LogP) is 3.23. The van der Waals surface area contributed by atoms with Crippen LogP contribution in [-0.4, -0.2) is 30.6 Å². The Bertz CT molecular complexity index is 1090. The van der Waals surface area contributed by atoms with Crippen molar-refractivity contribution in [3.8, 4) is 0 Å². The molecule has 2 bridgehead atoms. The van der Waals surface area contributed by atoms with Gasteiger partial charge >= 0.3 is 17.9 Å². The van der Waals surface area contributed by atoms with Gasteiger partial charge in [0.2, 0.25) is 0 Å². The van der Waals surface area contributed by atoms with E-state index >= 15 is 0 Å². The molecule has 3 aliphatic carbocycles. The highest BCUT2D eigenvalue weighted by Gasteiger charge is 2.76. The van der Waals surface area contributed by atoms with Crippen molar-refractivity contribution in [3.05, 3.63) is 83.4 Å². The molecule has 2 aromatic carbocycles. The van der Waals surface area contributed by atoms with Crippen molar-refractivity contribution in [2.24, 2.45) is 11.3 Å². The molecule has 0 N–H and O–H groups in total. The zero-order valence-corrected chi connectivity index (χ0v) is 17.3. The molecule has 0 radical (unpaired) electrons. The second-order valence-electron chi connectivity index (χ2n) is 8.48. The Balaban J connectivity index is 1.75. The molecular formula is C25H22O6. The van der Waals surface area contributed by atoms with Gasteiger partial charge in [-0.3, -0.25) is 9.59 Å². The first kappa shape index (κ1) is 19.7. The van der Waals surface area contributed by atoms with E-state index in [2.05, 4.69) is 6.58 Å². The maximum atomic E-state index is 13.2. The first-order chi connectivity index (χ1) is 14.9. The molecule has 1 aliphatic heterocycles. The molecule has 1 fully saturated rings. The molecule has 2 aromatic rings. The van der Waals surface area contributed by atoms with E-state index in [1.54, 1.807) is 13.8 Å². The third-order valence-electron chi connectivity index (χ3n) is 6.91. The van der Waals surface area contributed by atoms with Crippen molar-refractivity contribution in [3.63, 3.8) is 0 Å². The second kappa shape index (κ2) is 6.62. The highest BCUT2D eigenvalue weighted by molar-refractivity contribution is 6.03. The highest BCUT2D eigenvalue weighted by Crippen LogP contribution is 2.69. The van der Waals surface area contributed by atoms with E-state index in [9.17, 15) is 14.4 Å². The zero-order valence-electron chi connectivity index (χ0n) is 17.3. The quantitative estimate of drug-likeness (QED) is 0.421. The molecule has 4 aliphatic rings. The van der Waals surface area contributed by atoms with Crippen molar-refractivity contribution in [2.75, 3.05) is 6.61 Å². The summed E-state index contributed by atoms with van der Waals surface area (Å²) in [6.45, 7) is 6.92. The summed E-state index contributed by atoms with van der Waals surface area (Å²) in [5.41, 5.74) is 1.06. The molecule has 6 nitrogen and oxygen atoms in total. The van der Waals surface area contributed by atoms with Crippen LogP contribution >= 0.6 is 0 Å². The average molecular weight is 418 g/mol. The molecule has 1 saturated heterocycles. The Morgan fingerprint density at radius 2 is 1.71 bits per heavy atom. The number of hydrogen-bond acceptors (Lipinski definition) is 6. The van der Waals surface area contributed by atoms with Crippen LogP contribution in [0.25, 0.3) is 0 Å². The van der Waals surface area contributed by atoms with Crippen molar-refractivity contribution >= 4 is 17.9 Å². The fourth-order valence-corrected chi connectivity index (χ4v) is 5.71. The van der Waals surface area contributed by atoms with E-state index in [-0.39, 0.29) is 12.5 Å². The van der Waals surface area contributed by atoms with Crippen LogP contribution in [0.2, 0.25) is 0 Å². The Morgan fingerprint density at radius 1 is 1.13 bits per heavy atom. The van der Waals surface area contributed by atoms with Gasteiger partial charge in [0.05, 0.1) is 12.0 Å². The van der Waals surface area contributed by atoms with Gasteiger partial charge in [0.15, 0.2) is 0 Å². The number of cyclic esters (lactones) is 2. The monoisotopic (exact) mass is 418 g/mol. The molecule has 1 heterocycles. The molecule has 6 rings (SSSR count). The van der Waals surface area contributed by atoms with Crippen LogP contribution in [-0.2, 0) is 34.2 Å². The molecule has 0 spiro atoms. The Morgan fingerprint density at radius 3 is 2.29 bits per heavy atom. The van der Waals surface area contributed by atoms with E-state index < -0.39 is 40.9 Å². The maximum Gasteiger partial charge on any atom is 0.330 e. The lowest BCUT2D eigenvalue weighted by Crippen LogP contribution is -2.62. The van der Waals surface area contributed by atoms with Gasteiger partial charge in [-0.2, -0.15) is 0 Å². The average Bonchev–Trinajstić information content (AvgIpc) is 3.02. The standard InChI is InChI=1S/C25H22O6/c1-4-19(26)29-13-14(2)31-25-17-11-7-5-9-15(17)20(16-10-6-8-12-18(16)25)21-22(27)30-23(28)24(21,25)3/h4-12,14,20-21H,1,13H2,2-3H3. The second-order valence-corrected chi connectivity index (χ2v) is 8.48. The Kier molecular flexibility index (Phi) is 4.21. The Labute approximate surface area is 179 Å². The summed E-state index contributed by atoms with van der Waals surface area (Å²) in [6.07, 6.45) is 0.520. The van der Waals surface area contributed by atoms with Gasteiger partial charge in [-0.15, -0.1) is 0 Å². The fourth-order valence-electron chi connectivity index (χ4n) is 5.71. The first-order valence-electron chi connectivity index (χ1n) is 10.3. The molecule has 31 heavy (non-hydrogen) atoms. The number of carbonyl (C=O) groups excluding carboxylic acids is 3. The molecule has 0 saturated carbocycles. The minimum absolute atomic E-state index is 0.0237. The largest absolute Gasteiger partial charge is 0.460 e. The third-order valence-corrected chi connectivity index (χ3v) is 6.91. The Hall–Kier alpha value is -3.25. The number of ether oxygens (including phenoxy) is 3. The highest BCUT2D eigenvalue weighted by atomic mass is 16.6. The van der Waals surface area contributed by atoms with Crippen molar-refractivity contribution in [2.45, 2.75) is 31.5 Å². The van der Waals surface area contributed by atoms with Crippen molar-refractivity contribution in [1.82, 2.24) is 0 Å². The smallest absolute Gasteiger partial charge is 0.330 e. The van der Waals surface area contributed by atoms with Gasteiger partial charge in [-0.05, 0) is 36.1 Å². The molecular weight excluding hydrogens is 396 g/mol. The molecule has 3 atom stereocenters. The summed E-state index contributed by atoms with van der Waals surface area (Å²) in [7, 11) is 0. The van der Waals surface area contributed by atoms with Crippen LogP contribution in [0.15, 0.2) is 61.2 Å². The van der Waals surface area contributed by atoms with Crippen LogP contribution in [0.4, 0.5) is 0 Å². The SMILES string of the molecule is C=CC(=O)OCC(C)OC12c3ccccc3C(c3ccccc31)C1C(=O)OC(=O)C12C. The van der Waals surface area contributed by atoms with E-state index in [1.165, 1.54) is 0 Å². The molecule has 6 heteroatoms. The summed E-state index contributed by atoms with van der Waals surface area (Å²) in [4.78, 5) is 37.8. The van der Waals surface area contributed by atoms with E-state index in [0.29, 0.717) is 0 Å². The molecule has 0 aromatic heterocycles. The van der Waals surface area contributed by atoms with E-state index in [4.69, 9.17) is 14.2 Å². The lowest BCUT2D eigenvalue weighted by Gasteiger charge is -2.58. The number of hydrogen-bond donors (Lipinski definition) is 0. The van der Waals surface area contributed by atoms with Gasteiger partial charge in [-0.25, -0.2) is 4.79 Å². The lowest BCUT2D eigenvalue weighted by atomic mass is 9.46. The summed E-state index contributed by atoms with van der Waals surface area (Å²) in [6, 6.07) is 15.5. The minimum atomic E-state index is -1.26. The summed E-state index contributed by atoms with van der Waals surface area (Å²) < 4.78 is 17.1. The zero-order chi connectivity index (χ0) is 22.0. The molecule has 0 amide bonds. The number of rotatable bonds is 5. The predicted molar refractivity (Wildman–Crippen MR) is 110 cm³/mol. The first-order valence-corrected chi connectivity index (χ1v) is 10.3. The van der Waals surface area contributed by atoms with Gasteiger partial charge in [-0.1, -0.05) is 55.1 Å². The van der Waals surface area contributed by atoms with Crippen molar-refractivity contribution < 1.29 is 28.6 Å². The number of carbonyl (C=O) groups is 3. The fraction of sp³-hybridized carbons (Fsp3) is 0.320. The van der Waals surface area contributed by atoms with Crippen LogP contribution in [0, 0.1) is 11.3 Å². The third kappa shape index (κ3) is 2.34. The summed E-state index contributed by atoms with van der Waals surface area (Å²) in [5, 5.41) is 0. The van der Waals surface area contributed by atoms with Crippen molar-refractivity contribution in [1.29, 1.82) is 0 Å². The van der Waals surface area contributed by atoms with Gasteiger partial charge in [0, 0.05) is 12.0 Å². The topological polar surface area (TPSA) is 78.9 Å². The maximum absolute atomic E-state index is 13.2. The van der Waals surface area contributed by atoms with Gasteiger partial charge < -0.3 is 14.2 Å². The summed E-state index contributed by atoms with van der Waals surface area (Å²) >= 11 is 0. The molecule has 3 unspecified atom stereocenters. The van der Waals surface area contributed by atoms with E-state index in [0.717, 1.165) is 28.3 Å². The van der Waals surface area contributed by atoms with Crippen LogP contribution < -0.4 is 0 Å². The van der Waals surface area contributed by atoms with E-state index in [1.807, 2.05) is 48.5 Å². The van der Waals surface area contributed by atoms with Gasteiger partial charge in [0.25, 0.3) is 0 Å².